The van der Waals surface area contributed by atoms with Gasteiger partial charge in [-0.25, -0.2) is 9.97 Å². The molecule has 2 N–H and O–H groups in total. The van der Waals surface area contributed by atoms with Gasteiger partial charge in [0.2, 0.25) is 0 Å². The highest BCUT2D eigenvalue weighted by molar-refractivity contribution is 7.70. The van der Waals surface area contributed by atoms with E-state index in [0.717, 1.165) is 48.2 Å². The maximum absolute atomic E-state index is 12.7. The molecule has 0 atom stereocenters. The van der Waals surface area contributed by atoms with E-state index >= 15 is 0 Å². The average Bonchev–Trinajstić information content (AvgIpc) is 2.81. The van der Waals surface area contributed by atoms with Crippen LogP contribution in [0.25, 0.3) is 0 Å². The number of benzene rings is 2. The molecule has 1 saturated heterocycles. The van der Waals surface area contributed by atoms with E-state index in [1.54, 1.807) is 26.6 Å². The molecule has 0 bridgehead atoms. The molecular formula is C25H30ClN4O2P. The predicted molar refractivity (Wildman–Crippen MR) is 136 cm³/mol. The summed E-state index contributed by atoms with van der Waals surface area (Å²) >= 11 is 6.39. The third kappa shape index (κ3) is 5.75. The van der Waals surface area contributed by atoms with Crippen molar-refractivity contribution in [3.63, 3.8) is 0 Å². The van der Waals surface area contributed by atoms with Crippen LogP contribution in [0.5, 0.6) is 5.75 Å². The molecule has 1 aromatic heterocycles. The highest BCUT2D eigenvalue weighted by Gasteiger charge is 2.19. The number of aromatic nitrogens is 2. The molecule has 33 heavy (non-hydrogen) atoms. The molecule has 0 aliphatic carbocycles. The summed E-state index contributed by atoms with van der Waals surface area (Å²) in [5, 5.41) is 7.84. The van der Waals surface area contributed by atoms with E-state index in [-0.39, 0.29) is 0 Å². The zero-order valence-corrected chi connectivity index (χ0v) is 20.9. The van der Waals surface area contributed by atoms with Crippen LogP contribution >= 0.6 is 18.7 Å². The van der Waals surface area contributed by atoms with E-state index in [2.05, 4.69) is 38.8 Å². The van der Waals surface area contributed by atoms with Crippen LogP contribution in [0.2, 0.25) is 5.02 Å². The van der Waals surface area contributed by atoms with Crippen LogP contribution in [-0.4, -0.2) is 43.5 Å². The molecule has 0 radical (unpaired) electrons. The lowest BCUT2D eigenvalue weighted by Crippen LogP contribution is -2.26. The molecule has 1 aliphatic heterocycles. The lowest BCUT2D eigenvalue weighted by atomic mass is 9.89. The summed E-state index contributed by atoms with van der Waals surface area (Å²) < 4.78 is 18.4. The van der Waals surface area contributed by atoms with Crippen LogP contribution in [0.4, 0.5) is 11.5 Å². The lowest BCUT2D eigenvalue weighted by Gasteiger charge is -2.23. The maximum atomic E-state index is 12.7. The van der Waals surface area contributed by atoms with Gasteiger partial charge in [-0.05, 0) is 68.9 Å². The first-order valence-electron chi connectivity index (χ1n) is 11.2. The summed E-state index contributed by atoms with van der Waals surface area (Å²) in [6.45, 7) is 5.61. The lowest BCUT2D eigenvalue weighted by molar-refractivity contribution is 0.407. The Balaban J connectivity index is 1.58. The van der Waals surface area contributed by atoms with Crippen molar-refractivity contribution in [1.29, 1.82) is 0 Å². The summed E-state index contributed by atoms with van der Waals surface area (Å²) in [7, 11) is -0.771. The first kappa shape index (κ1) is 23.7. The number of anilines is 2. The van der Waals surface area contributed by atoms with Gasteiger partial charge in [-0.15, -0.1) is 0 Å². The summed E-state index contributed by atoms with van der Waals surface area (Å²) in [4.78, 5) is 9.10. The number of ether oxygens (including phenoxy) is 1. The van der Waals surface area contributed by atoms with Crippen LogP contribution in [-0.2, 0) is 11.0 Å². The molecular weight excluding hydrogens is 455 g/mol. The molecule has 2 aromatic carbocycles. The Morgan fingerprint density at radius 1 is 1.18 bits per heavy atom. The van der Waals surface area contributed by atoms with Gasteiger partial charge in [-0.1, -0.05) is 35.9 Å². The number of rotatable bonds is 7. The number of piperidine rings is 1. The Morgan fingerprint density at radius 3 is 2.67 bits per heavy atom. The van der Waals surface area contributed by atoms with Crippen molar-refractivity contribution in [3.05, 3.63) is 70.6 Å². The largest absolute Gasteiger partial charge is 0.496 e. The van der Waals surface area contributed by atoms with Crippen LogP contribution < -0.4 is 20.7 Å². The molecule has 1 aliphatic rings. The molecule has 0 unspecified atom stereocenters. The molecule has 6 nitrogen and oxygen atoms in total. The van der Waals surface area contributed by atoms with Gasteiger partial charge >= 0.3 is 0 Å². The highest BCUT2D eigenvalue weighted by Crippen LogP contribution is 2.38. The Bertz CT molecular complexity index is 1170. The standard InChI is InChI=1S/C25H30ClN4O2P/c1-32-22-14-18(17-10-12-27-13-11-17)8-9-19(22)15-24-28-16-20(26)25(30-24)29-21-6-4-5-7-23(21)33(2,3)31/h4-9,14,16-17,27H,10-13,15H2,1-3H3,(H,28,29,30). The van der Waals surface area contributed by atoms with Crippen LogP contribution in [0, 0.1) is 0 Å². The van der Waals surface area contributed by atoms with Gasteiger partial charge in [-0.2, -0.15) is 0 Å². The highest BCUT2D eigenvalue weighted by atomic mass is 35.5. The van der Waals surface area contributed by atoms with Crippen LogP contribution in [0.1, 0.15) is 35.7 Å². The van der Waals surface area contributed by atoms with Crippen molar-refractivity contribution in [3.8, 4) is 5.75 Å². The average molecular weight is 485 g/mol. The SMILES string of the molecule is COc1cc(C2CCNCC2)ccc1Cc1ncc(Cl)c(Nc2ccccc2P(C)(C)=O)n1. The van der Waals surface area contributed by atoms with Gasteiger partial charge in [0.1, 0.15) is 23.7 Å². The Morgan fingerprint density at radius 2 is 1.94 bits per heavy atom. The van der Waals surface area contributed by atoms with E-state index < -0.39 is 7.14 Å². The van der Waals surface area contributed by atoms with Crippen molar-refractivity contribution < 1.29 is 9.30 Å². The van der Waals surface area contributed by atoms with Gasteiger partial charge in [0, 0.05) is 17.3 Å². The smallest absolute Gasteiger partial charge is 0.153 e. The van der Waals surface area contributed by atoms with E-state index in [1.165, 1.54) is 5.56 Å². The number of halogens is 1. The van der Waals surface area contributed by atoms with E-state index in [0.29, 0.717) is 29.0 Å². The fraction of sp³-hybridized carbons (Fsp3) is 0.360. The molecule has 0 amide bonds. The molecule has 1 fully saturated rings. The summed E-state index contributed by atoms with van der Waals surface area (Å²) in [5.74, 6) is 2.53. The van der Waals surface area contributed by atoms with Gasteiger partial charge in [0.05, 0.1) is 19.0 Å². The third-order valence-electron chi connectivity index (χ3n) is 6.00. The predicted octanol–water partition coefficient (Wildman–Crippen LogP) is 5.19. The van der Waals surface area contributed by atoms with Gasteiger partial charge in [0.25, 0.3) is 0 Å². The second kappa shape index (κ2) is 10.3. The van der Waals surface area contributed by atoms with Crippen molar-refractivity contribution in [1.82, 2.24) is 15.3 Å². The first-order valence-corrected chi connectivity index (χ1v) is 14.1. The molecule has 3 aromatic rings. The molecule has 8 heteroatoms. The zero-order chi connectivity index (χ0) is 23.4. The fourth-order valence-corrected chi connectivity index (χ4v) is 5.53. The van der Waals surface area contributed by atoms with E-state index in [1.807, 2.05) is 24.3 Å². The quantitative estimate of drug-likeness (QED) is 0.449. The van der Waals surface area contributed by atoms with Crippen LogP contribution in [0.3, 0.4) is 0 Å². The van der Waals surface area contributed by atoms with E-state index in [9.17, 15) is 4.57 Å². The van der Waals surface area contributed by atoms with Crippen molar-refractivity contribution in [2.45, 2.75) is 25.2 Å². The summed E-state index contributed by atoms with van der Waals surface area (Å²) in [6, 6.07) is 14.0. The first-order chi connectivity index (χ1) is 15.8. The minimum Gasteiger partial charge on any atom is -0.496 e. The van der Waals surface area contributed by atoms with Crippen LogP contribution in [0.15, 0.2) is 48.7 Å². The minimum atomic E-state index is -2.47. The molecule has 2 heterocycles. The second-order valence-corrected chi connectivity index (χ2v) is 12.3. The monoisotopic (exact) mass is 484 g/mol. The number of nitrogens with zero attached hydrogens (tertiary/aromatic N) is 2. The second-order valence-electron chi connectivity index (χ2n) is 8.75. The Hall–Kier alpha value is -2.40. The fourth-order valence-electron chi connectivity index (χ4n) is 4.24. The summed E-state index contributed by atoms with van der Waals surface area (Å²) in [5.41, 5.74) is 3.08. The zero-order valence-electron chi connectivity index (χ0n) is 19.3. The Kier molecular flexibility index (Phi) is 7.38. The topological polar surface area (TPSA) is 76.1 Å². The number of para-hydroxylation sites is 1. The van der Waals surface area contributed by atoms with Crippen molar-refractivity contribution >= 4 is 35.6 Å². The van der Waals surface area contributed by atoms with Crippen molar-refractivity contribution in [2.24, 2.45) is 0 Å². The van der Waals surface area contributed by atoms with Gasteiger partial charge < -0.3 is 19.9 Å². The minimum absolute atomic E-state index is 0.406. The normalized spacial score (nSPS) is 14.8. The number of nitrogens with one attached hydrogen (secondary N) is 2. The molecule has 4 rings (SSSR count). The number of hydrogen-bond acceptors (Lipinski definition) is 6. The van der Waals surface area contributed by atoms with E-state index in [4.69, 9.17) is 16.3 Å². The maximum Gasteiger partial charge on any atom is 0.153 e. The Labute approximate surface area is 200 Å². The number of hydrogen-bond donors (Lipinski definition) is 2. The molecule has 0 spiro atoms. The third-order valence-corrected chi connectivity index (χ3v) is 7.83. The molecule has 0 saturated carbocycles. The summed E-state index contributed by atoms with van der Waals surface area (Å²) in [6.07, 6.45) is 4.40. The van der Waals surface area contributed by atoms with Crippen molar-refractivity contribution in [2.75, 3.05) is 38.8 Å². The van der Waals surface area contributed by atoms with Gasteiger partial charge in [-0.3, -0.25) is 0 Å². The molecule has 174 valence electrons. The van der Waals surface area contributed by atoms with Gasteiger partial charge in [0.15, 0.2) is 5.82 Å². The number of methoxy groups -OCH3 is 1.